The topological polar surface area (TPSA) is 33.7 Å². The fourth-order valence-electron chi connectivity index (χ4n) is 3.77. The van der Waals surface area contributed by atoms with E-state index in [-0.39, 0.29) is 0 Å². The Morgan fingerprint density at radius 1 is 1.05 bits per heavy atom. The largest absolute Gasteiger partial charge is 0.385 e. The van der Waals surface area contributed by atoms with Crippen molar-refractivity contribution in [2.45, 2.75) is 45.2 Å². The van der Waals surface area contributed by atoms with Gasteiger partial charge in [0, 0.05) is 46.0 Å². The maximum Gasteiger partial charge on any atom is 0.0589 e. The number of nitrogens with one attached hydrogen (secondary N) is 1. The highest BCUT2D eigenvalue weighted by Gasteiger charge is 2.36. The molecule has 0 aliphatic heterocycles. The summed E-state index contributed by atoms with van der Waals surface area (Å²) in [5, 5.41) is 3.55. The second kappa shape index (κ2) is 9.72. The number of methoxy groups -OCH3 is 2. The molecule has 1 N–H and O–H groups in total. The third-order valence-corrected chi connectivity index (χ3v) is 4.59. The SMILES string of the molecule is CNC1CC(C)CC(C)C1N(CCCOC)CCOC. The molecule has 0 aromatic heterocycles. The molecule has 4 nitrogen and oxygen atoms in total. The molecule has 20 heavy (non-hydrogen) atoms. The van der Waals surface area contributed by atoms with Crippen LogP contribution in [0.3, 0.4) is 0 Å². The lowest BCUT2D eigenvalue weighted by atomic mass is 9.75. The Balaban J connectivity index is 2.68. The zero-order valence-electron chi connectivity index (χ0n) is 14.0. The van der Waals surface area contributed by atoms with E-state index >= 15 is 0 Å². The molecule has 0 aromatic rings. The van der Waals surface area contributed by atoms with Crippen molar-refractivity contribution in [3.63, 3.8) is 0 Å². The van der Waals surface area contributed by atoms with E-state index in [1.54, 1.807) is 14.2 Å². The van der Waals surface area contributed by atoms with E-state index in [4.69, 9.17) is 9.47 Å². The van der Waals surface area contributed by atoms with Crippen LogP contribution in [-0.4, -0.2) is 64.6 Å². The lowest BCUT2D eigenvalue weighted by Gasteiger charge is -2.46. The van der Waals surface area contributed by atoms with Crippen molar-refractivity contribution in [3.8, 4) is 0 Å². The van der Waals surface area contributed by atoms with Crippen LogP contribution >= 0.6 is 0 Å². The van der Waals surface area contributed by atoms with Crippen LogP contribution in [-0.2, 0) is 9.47 Å². The van der Waals surface area contributed by atoms with Gasteiger partial charge in [-0.25, -0.2) is 0 Å². The van der Waals surface area contributed by atoms with Crippen molar-refractivity contribution in [2.75, 3.05) is 47.6 Å². The summed E-state index contributed by atoms with van der Waals surface area (Å²) in [6.07, 6.45) is 3.70. The molecule has 1 saturated carbocycles. The van der Waals surface area contributed by atoms with E-state index in [0.717, 1.165) is 44.6 Å². The number of hydrogen-bond acceptors (Lipinski definition) is 4. The predicted octanol–water partition coefficient (Wildman–Crippen LogP) is 1.99. The normalized spacial score (nSPS) is 30.9. The van der Waals surface area contributed by atoms with E-state index < -0.39 is 0 Å². The smallest absolute Gasteiger partial charge is 0.0589 e. The van der Waals surface area contributed by atoms with Gasteiger partial charge in [0.2, 0.25) is 0 Å². The Morgan fingerprint density at radius 2 is 1.75 bits per heavy atom. The van der Waals surface area contributed by atoms with Gasteiger partial charge >= 0.3 is 0 Å². The molecule has 1 fully saturated rings. The molecular weight excluding hydrogens is 252 g/mol. The van der Waals surface area contributed by atoms with Crippen LogP contribution in [0.1, 0.15) is 33.1 Å². The molecule has 1 aliphatic rings. The van der Waals surface area contributed by atoms with E-state index in [9.17, 15) is 0 Å². The Morgan fingerprint density at radius 3 is 2.35 bits per heavy atom. The zero-order valence-corrected chi connectivity index (χ0v) is 14.0. The van der Waals surface area contributed by atoms with Gasteiger partial charge in [0.15, 0.2) is 0 Å². The van der Waals surface area contributed by atoms with Gasteiger partial charge in [-0.3, -0.25) is 4.90 Å². The molecular formula is C16H34N2O2. The van der Waals surface area contributed by atoms with Crippen LogP contribution in [0.4, 0.5) is 0 Å². The fourth-order valence-corrected chi connectivity index (χ4v) is 3.77. The number of rotatable bonds is 9. The molecule has 0 spiro atoms. The maximum atomic E-state index is 5.30. The summed E-state index contributed by atoms with van der Waals surface area (Å²) in [4.78, 5) is 2.61. The summed E-state index contributed by atoms with van der Waals surface area (Å²) in [7, 11) is 5.67. The highest BCUT2D eigenvalue weighted by molar-refractivity contribution is 4.93. The van der Waals surface area contributed by atoms with Crippen LogP contribution in [0.25, 0.3) is 0 Å². The lowest BCUT2D eigenvalue weighted by molar-refractivity contribution is 0.0377. The molecule has 1 aliphatic carbocycles. The van der Waals surface area contributed by atoms with Crippen molar-refractivity contribution < 1.29 is 9.47 Å². The molecule has 4 heteroatoms. The molecule has 0 saturated heterocycles. The minimum atomic E-state index is 0.591. The first-order valence-electron chi connectivity index (χ1n) is 8.03. The summed E-state index contributed by atoms with van der Waals surface area (Å²) in [5.41, 5.74) is 0. The number of likely N-dealkylation sites (N-methyl/N-ethyl adjacent to an activating group) is 1. The molecule has 0 aromatic carbocycles. The summed E-state index contributed by atoms with van der Waals surface area (Å²) < 4.78 is 10.5. The summed E-state index contributed by atoms with van der Waals surface area (Å²) in [6.45, 7) is 8.54. The van der Waals surface area contributed by atoms with Crippen LogP contribution in [0, 0.1) is 11.8 Å². The number of ether oxygens (including phenoxy) is 2. The minimum Gasteiger partial charge on any atom is -0.385 e. The van der Waals surface area contributed by atoms with Crippen LogP contribution in [0.2, 0.25) is 0 Å². The second-order valence-corrected chi connectivity index (χ2v) is 6.31. The molecule has 1 rings (SSSR count). The number of hydrogen-bond donors (Lipinski definition) is 1. The average molecular weight is 286 g/mol. The zero-order chi connectivity index (χ0) is 15.0. The first kappa shape index (κ1) is 17.9. The molecule has 4 unspecified atom stereocenters. The van der Waals surface area contributed by atoms with Crippen LogP contribution in [0.15, 0.2) is 0 Å². The van der Waals surface area contributed by atoms with Gasteiger partial charge in [0.05, 0.1) is 6.61 Å². The summed E-state index contributed by atoms with van der Waals surface area (Å²) >= 11 is 0. The first-order chi connectivity index (χ1) is 9.63. The van der Waals surface area contributed by atoms with E-state index in [1.165, 1.54) is 12.8 Å². The van der Waals surface area contributed by atoms with Crippen LogP contribution in [0.5, 0.6) is 0 Å². The Hall–Kier alpha value is -0.160. The molecule has 0 bridgehead atoms. The van der Waals surface area contributed by atoms with Gasteiger partial charge in [-0.1, -0.05) is 13.8 Å². The monoisotopic (exact) mass is 286 g/mol. The second-order valence-electron chi connectivity index (χ2n) is 6.31. The number of nitrogens with zero attached hydrogens (tertiary/aromatic N) is 1. The average Bonchev–Trinajstić information content (AvgIpc) is 2.42. The maximum absolute atomic E-state index is 5.30. The van der Waals surface area contributed by atoms with Gasteiger partial charge in [0.25, 0.3) is 0 Å². The fraction of sp³-hybridized carbons (Fsp3) is 1.00. The van der Waals surface area contributed by atoms with E-state index in [1.807, 2.05) is 0 Å². The van der Waals surface area contributed by atoms with Gasteiger partial charge in [0.1, 0.15) is 0 Å². The lowest BCUT2D eigenvalue weighted by Crippen LogP contribution is -2.56. The highest BCUT2D eigenvalue weighted by atomic mass is 16.5. The highest BCUT2D eigenvalue weighted by Crippen LogP contribution is 2.32. The Kier molecular flexibility index (Phi) is 8.69. The third kappa shape index (κ3) is 5.32. The molecule has 0 heterocycles. The summed E-state index contributed by atoms with van der Waals surface area (Å²) in [6, 6.07) is 1.20. The van der Waals surface area contributed by atoms with E-state index in [0.29, 0.717) is 12.1 Å². The Labute approximate surface area is 125 Å². The molecule has 120 valence electrons. The predicted molar refractivity (Wildman–Crippen MR) is 84.1 cm³/mol. The third-order valence-electron chi connectivity index (χ3n) is 4.59. The minimum absolute atomic E-state index is 0.591. The summed E-state index contributed by atoms with van der Waals surface area (Å²) in [5.74, 6) is 1.55. The Bertz CT molecular complexity index is 251. The quantitative estimate of drug-likeness (QED) is 0.657. The van der Waals surface area contributed by atoms with E-state index in [2.05, 4.69) is 31.1 Å². The standard InChI is InChI=1S/C16H34N2O2/c1-13-11-14(2)16(15(12-13)17-3)18(8-10-20-5)7-6-9-19-4/h13-17H,6-12H2,1-5H3. The van der Waals surface area contributed by atoms with Gasteiger partial charge in [-0.15, -0.1) is 0 Å². The molecule has 4 atom stereocenters. The molecule has 0 radical (unpaired) electrons. The van der Waals surface area contributed by atoms with Crippen molar-refractivity contribution in [1.82, 2.24) is 10.2 Å². The van der Waals surface area contributed by atoms with Crippen molar-refractivity contribution in [3.05, 3.63) is 0 Å². The van der Waals surface area contributed by atoms with Crippen molar-refractivity contribution in [1.29, 1.82) is 0 Å². The molecule has 0 amide bonds. The first-order valence-corrected chi connectivity index (χ1v) is 8.03. The van der Waals surface area contributed by atoms with Gasteiger partial charge < -0.3 is 14.8 Å². The van der Waals surface area contributed by atoms with Gasteiger partial charge in [-0.05, 0) is 38.1 Å². The van der Waals surface area contributed by atoms with Crippen molar-refractivity contribution >= 4 is 0 Å². The van der Waals surface area contributed by atoms with Crippen LogP contribution < -0.4 is 5.32 Å². The van der Waals surface area contributed by atoms with Crippen molar-refractivity contribution in [2.24, 2.45) is 11.8 Å². The van der Waals surface area contributed by atoms with Gasteiger partial charge in [-0.2, -0.15) is 0 Å².